The second-order valence-corrected chi connectivity index (χ2v) is 4.01. The van der Waals surface area contributed by atoms with Gasteiger partial charge in [0.25, 0.3) is 0 Å². The Morgan fingerprint density at radius 2 is 2.24 bits per heavy atom. The van der Waals surface area contributed by atoms with Gasteiger partial charge in [0.1, 0.15) is 0 Å². The molecule has 0 amide bonds. The first-order valence-corrected chi connectivity index (χ1v) is 6.04. The van der Waals surface area contributed by atoms with Gasteiger partial charge in [0.05, 0.1) is 19.4 Å². The van der Waals surface area contributed by atoms with Gasteiger partial charge in [-0.05, 0) is 20.4 Å². The van der Waals surface area contributed by atoms with E-state index in [1.54, 1.807) is 7.11 Å². The van der Waals surface area contributed by atoms with E-state index in [0.717, 1.165) is 19.6 Å². The zero-order chi connectivity index (χ0) is 12.5. The lowest BCUT2D eigenvalue weighted by Crippen LogP contribution is -2.11. The Bertz CT molecular complexity index is 302. The van der Waals surface area contributed by atoms with Gasteiger partial charge in [-0.15, -0.1) is 0 Å². The lowest BCUT2D eigenvalue weighted by molar-refractivity contribution is 0.0677. The maximum Gasteiger partial charge on any atom is 0.0700 e. The Hall–Kier alpha value is -0.910. The van der Waals surface area contributed by atoms with Gasteiger partial charge in [-0.2, -0.15) is 5.10 Å². The van der Waals surface area contributed by atoms with E-state index in [0.29, 0.717) is 19.3 Å². The van der Waals surface area contributed by atoms with Gasteiger partial charge >= 0.3 is 0 Å². The molecule has 0 fully saturated rings. The molecule has 17 heavy (non-hydrogen) atoms. The van der Waals surface area contributed by atoms with Crippen molar-refractivity contribution in [1.29, 1.82) is 0 Å². The number of rotatable bonds is 9. The van der Waals surface area contributed by atoms with Crippen LogP contribution in [0.3, 0.4) is 0 Å². The van der Waals surface area contributed by atoms with Gasteiger partial charge < -0.3 is 14.8 Å². The van der Waals surface area contributed by atoms with E-state index in [4.69, 9.17) is 9.47 Å². The fourth-order valence-corrected chi connectivity index (χ4v) is 1.47. The maximum absolute atomic E-state index is 5.39. The van der Waals surface area contributed by atoms with Crippen LogP contribution in [0.15, 0.2) is 12.4 Å². The summed E-state index contributed by atoms with van der Waals surface area (Å²) in [6, 6.07) is 0.349. The number of aromatic nitrogens is 2. The number of nitrogens with one attached hydrogen (secondary N) is 1. The Labute approximate surface area is 103 Å². The average Bonchev–Trinajstić information content (AvgIpc) is 2.81. The smallest absolute Gasteiger partial charge is 0.0700 e. The molecule has 0 spiro atoms. The molecule has 0 bridgehead atoms. The van der Waals surface area contributed by atoms with Crippen molar-refractivity contribution in [2.75, 3.05) is 34.0 Å². The van der Waals surface area contributed by atoms with Gasteiger partial charge in [0, 0.05) is 38.1 Å². The lowest BCUT2D eigenvalue weighted by Gasteiger charge is -2.06. The van der Waals surface area contributed by atoms with Gasteiger partial charge in [0.15, 0.2) is 0 Å². The van der Waals surface area contributed by atoms with Crippen molar-refractivity contribution >= 4 is 0 Å². The molecule has 1 unspecified atom stereocenters. The third-order valence-electron chi connectivity index (χ3n) is 2.69. The van der Waals surface area contributed by atoms with Crippen LogP contribution in [0.25, 0.3) is 0 Å². The third kappa shape index (κ3) is 5.30. The molecule has 1 heterocycles. The van der Waals surface area contributed by atoms with E-state index in [1.807, 2.05) is 17.9 Å². The monoisotopic (exact) mass is 241 g/mol. The molecule has 5 nitrogen and oxygen atoms in total. The minimum absolute atomic E-state index is 0.349. The molecule has 0 saturated carbocycles. The lowest BCUT2D eigenvalue weighted by atomic mass is 10.2. The van der Waals surface area contributed by atoms with Crippen LogP contribution in [0.1, 0.15) is 24.9 Å². The molecule has 0 aliphatic carbocycles. The molecule has 98 valence electrons. The minimum Gasteiger partial charge on any atom is -0.382 e. The van der Waals surface area contributed by atoms with Gasteiger partial charge in [-0.25, -0.2) is 0 Å². The first kappa shape index (κ1) is 14.2. The van der Waals surface area contributed by atoms with E-state index >= 15 is 0 Å². The summed E-state index contributed by atoms with van der Waals surface area (Å²) in [7, 11) is 3.63. The fourth-order valence-electron chi connectivity index (χ4n) is 1.47. The van der Waals surface area contributed by atoms with Crippen LogP contribution in [0, 0.1) is 0 Å². The molecule has 0 aliphatic heterocycles. The highest BCUT2D eigenvalue weighted by Gasteiger charge is 2.04. The van der Waals surface area contributed by atoms with Crippen molar-refractivity contribution in [1.82, 2.24) is 15.1 Å². The van der Waals surface area contributed by atoms with Crippen LogP contribution < -0.4 is 5.32 Å². The summed E-state index contributed by atoms with van der Waals surface area (Å²) in [5.41, 5.74) is 1.22. The summed E-state index contributed by atoms with van der Waals surface area (Å²) in [4.78, 5) is 0. The molecule has 0 radical (unpaired) electrons. The second-order valence-electron chi connectivity index (χ2n) is 4.01. The van der Waals surface area contributed by atoms with Crippen LogP contribution in [-0.4, -0.2) is 43.8 Å². The second kappa shape index (κ2) is 8.22. The van der Waals surface area contributed by atoms with E-state index in [9.17, 15) is 0 Å². The third-order valence-corrected chi connectivity index (χ3v) is 2.69. The van der Waals surface area contributed by atoms with E-state index in [2.05, 4.69) is 23.5 Å². The van der Waals surface area contributed by atoms with Crippen molar-refractivity contribution in [2.45, 2.75) is 25.9 Å². The largest absolute Gasteiger partial charge is 0.382 e. The van der Waals surface area contributed by atoms with Crippen LogP contribution in [0.5, 0.6) is 0 Å². The molecule has 0 saturated heterocycles. The zero-order valence-electron chi connectivity index (χ0n) is 11.0. The molecule has 1 rings (SSSR count). The highest BCUT2D eigenvalue weighted by Crippen LogP contribution is 2.09. The van der Waals surface area contributed by atoms with Gasteiger partial charge in [-0.3, -0.25) is 4.68 Å². The number of hydrogen-bond donors (Lipinski definition) is 1. The first-order valence-electron chi connectivity index (χ1n) is 6.04. The van der Waals surface area contributed by atoms with Crippen molar-refractivity contribution in [3.63, 3.8) is 0 Å². The normalized spacial score (nSPS) is 12.9. The molecule has 1 atom stereocenters. The number of aryl methyl sites for hydroxylation is 1. The maximum atomic E-state index is 5.39. The predicted octanol–water partition coefficient (Wildman–Crippen LogP) is 1.22. The zero-order valence-corrected chi connectivity index (χ0v) is 11.0. The molecule has 0 aliphatic rings. The summed E-state index contributed by atoms with van der Waals surface area (Å²) in [6.45, 7) is 5.09. The van der Waals surface area contributed by atoms with Crippen molar-refractivity contribution in [3.05, 3.63) is 18.0 Å². The van der Waals surface area contributed by atoms with E-state index in [-0.39, 0.29) is 0 Å². The number of hydrogen-bond acceptors (Lipinski definition) is 4. The van der Waals surface area contributed by atoms with Crippen molar-refractivity contribution < 1.29 is 9.47 Å². The Kier molecular flexibility index (Phi) is 6.84. The molecule has 1 N–H and O–H groups in total. The Morgan fingerprint density at radius 3 is 2.94 bits per heavy atom. The molecule has 1 aromatic heterocycles. The first-order chi connectivity index (χ1) is 8.27. The highest BCUT2D eigenvalue weighted by molar-refractivity contribution is 5.08. The van der Waals surface area contributed by atoms with E-state index < -0.39 is 0 Å². The van der Waals surface area contributed by atoms with Crippen LogP contribution in [0.2, 0.25) is 0 Å². The fraction of sp³-hybridized carbons (Fsp3) is 0.750. The minimum atomic E-state index is 0.349. The Balaban J connectivity index is 2.16. The molecule has 1 aromatic rings. The molecular formula is C12H23N3O2. The van der Waals surface area contributed by atoms with Crippen LogP contribution >= 0.6 is 0 Å². The molecule has 5 heteroatoms. The van der Waals surface area contributed by atoms with E-state index in [1.165, 1.54) is 5.56 Å². The molecule has 0 aromatic carbocycles. The summed E-state index contributed by atoms with van der Waals surface area (Å²) >= 11 is 0. The SMILES string of the molecule is CNC(C)c1cnn(CCCOCCOC)c1. The Morgan fingerprint density at radius 1 is 1.41 bits per heavy atom. The topological polar surface area (TPSA) is 48.3 Å². The number of nitrogens with zero attached hydrogens (tertiary/aromatic N) is 2. The highest BCUT2D eigenvalue weighted by atomic mass is 16.5. The predicted molar refractivity (Wildman–Crippen MR) is 67.0 cm³/mol. The van der Waals surface area contributed by atoms with Crippen molar-refractivity contribution in [3.8, 4) is 0 Å². The quantitative estimate of drug-likeness (QED) is 0.660. The van der Waals surface area contributed by atoms with Crippen LogP contribution in [-0.2, 0) is 16.0 Å². The summed E-state index contributed by atoms with van der Waals surface area (Å²) < 4.78 is 12.3. The number of ether oxygens (including phenoxy) is 2. The standard InChI is InChI=1S/C12H23N3O2/c1-11(13-2)12-9-14-15(10-12)5-4-6-17-8-7-16-3/h9-11,13H,4-8H2,1-3H3. The summed E-state index contributed by atoms with van der Waals surface area (Å²) in [5.74, 6) is 0. The van der Waals surface area contributed by atoms with Gasteiger partial charge in [-0.1, -0.05) is 0 Å². The molecular weight excluding hydrogens is 218 g/mol. The average molecular weight is 241 g/mol. The number of methoxy groups -OCH3 is 1. The summed E-state index contributed by atoms with van der Waals surface area (Å²) in [6.07, 6.45) is 4.96. The van der Waals surface area contributed by atoms with Crippen LogP contribution in [0.4, 0.5) is 0 Å². The summed E-state index contributed by atoms with van der Waals surface area (Å²) in [5, 5.41) is 7.51. The van der Waals surface area contributed by atoms with Crippen molar-refractivity contribution in [2.24, 2.45) is 0 Å². The van der Waals surface area contributed by atoms with Gasteiger partial charge in [0.2, 0.25) is 0 Å².